The predicted molar refractivity (Wildman–Crippen MR) is 110 cm³/mol. The lowest BCUT2D eigenvalue weighted by Crippen LogP contribution is -2.04. The highest BCUT2D eigenvalue weighted by Crippen LogP contribution is 2.38. The van der Waals surface area contributed by atoms with Crippen LogP contribution in [0.2, 0.25) is 5.02 Å². The van der Waals surface area contributed by atoms with Crippen LogP contribution in [-0.2, 0) is 12.8 Å². The van der Waals surface area contributed by atoms with Crippen molar-refractivity contribution in [3.8, 4) is 34.6 Å². The van der Waals surface area contributed by atoms with E-state index in [4.69, 9.17) is 21.4 Å². The summed E-state index contributed by atoms with van der Waals surface area (Å²) in [6.45, 7) is 0.137. The van der Waals surface area contributed by atoms with Crippen LogP contribution in [-0.4, -0.2) is 27.0 Å². The minimum Gasteiger partial charge on any atom is -0.506 e. The molecule has 162 valence electrons. The molecule has 0 aliphatic rings. The lowest BCUT2D eigenvalue weighted by atomic mass is 10.0. The Morgan fingerprint density at radius 2 is 1.87 bits per heavy atom. The molecule has 0 aliphatic heterocycles. The van der Waals surface area contributed by atoms with Crippen molar-refractivity contribution in [2.24, 2.45) is 0 Å². The van der Waals surface area contributed by atoms with Crippen LogP contribution in [0, 0.1) is 11.8 Å². The smallest absolute Gasteiger partial charge is 0.435 e. The van der Waals surface area contributed by atoms with E-state index in [-0.39, 0.29) is 41.5 Å². The fourth-order valence-corrected chi connectivity index (χ4v) is 2.82. The first-order valence-corrected chi connectivity index (χ1v) is 9.63. The quantitative estimate of drug-likeness (QED) is 0.358. The van der Waals surface area contributed by atoms with E-state index in [1.807, 2.05) is 0 Å². The number of aromatic hydroxyl groups is 1. The maximum Gasteiger partial charge on any atom is 0.435 e. The second-order valence-corrected chi connectivity index (χ2v) is 6.98. The van der Waals surface area contributed by atoms with Crippen LogP contribution < -0.4 is 4.74 Å². The number of nitrogens with one attached hydrogen (secondary N) is 1. The van der Waals surface area contributed by atoms with Gasteiger partial charge in [-0.1, -0.05) is 35.6 Å². The largest absolute Gasteiger partial charge is 0.506 e. The lowest BCUT2D eigenvalue weighted by Gasteiger charge is -2.12. The summed E-state index contributed by atoms with van der Waals surface area (Å²) in [5.41, 5.74) is -0.0376. The van der Waals surface area contributed by atoms with Crippen molar-refractivity contribution in [2.45, 2.75) is 25.6 Å². The molecule has 0 radical (unpaired) electrons. The standard InChI is InChI=1S/C22H18ClF3N2O3/c23-15-7-5-14(6-8-15)13-31-19-10-9-16(18-12-20(28-27-18)22(24,25)26)21(30)17(19)4-2-1-3-11-29/h5-10,12,29-30H,1,3,11,13H2,(H,27,28). The second kappa shape index (κ2) is 9.77. The van der Waals surface area contributed by atoms with E-state index < -0.39 is 11.9 Å². The van der Waals surface area contributed by atoms with Gasteiger partial charge < -0.3 is 14.9 Å². The number of H-pyrrole nitrogens is 1. The van der Waals surface area contributed by atoms with Gasteiger partial charge in [-0.15, -0.1) is 0 Å². The molecule has 0 bridgehead atoms. The number of hydrogen-bond donors (Lipinski definition) is 3. The zero-order valence-electron chi connectivity index (χ0n) is 16.1. The molecule has 0 spiro atoms. The van der Waals surface area contributed by atoms with Gasteiger partial charge in [0.15, 0.2) is 5.69 Å². The van der Waals surface area contributed by atoms with E-state index in [0.29, 0.717) is 17.9 Å². The third kappa shape index (κ3) is 5.72. The van der Waals surface area contributed by atoms with Gasteiger partial charge in [0.05, 0.1) is 5.69 Å². The Morgan fingerprint density at radius 3 is 2.52 bits per heavy atom. The van der Waals surface area contributed by atoms with Crippen LogP contribution in [0.5, 0.6) is 11.5 Å². The molecule has 9 heteroatoms. The third-order valence-electron chi connectivity index (χ3n) is 4.28. The first kappa shape index (κ1) is 22.5. The zero-order valence-corrected chi connectivity index (χ0v) is 16.9. The van der Waals surface area contributed by atoms with Crippen LogP contribution in [0.15, 0.2) is 42.5 Å². The molecule has 0 saturated heterocycles. The van der Waals surface area contributed by atoms with Crippen LogP contribution in [0.4, 0.5) is 13.2 Å². The van der Waals surface area contributed by atoms with E-state index in [1.54, 1.807) is 24.3 Å². The number of alkyl halides is 3. The SMILES string of the molecule is OCCCC#Cc1c(OCc2ccc(Cl)cc2)ccc(-c2cc(C(F)(F)F)n[nH]2)c1O. The zero-order chi connectivity index (χ0) is 22.4. The van der Waals surface area contributed by atoms with Gasteiger partial charge in [-0.05, 0) is 42.3 Å². The number of halogens is 4. The van der Waals surface area contributed by atoms with Gasteiger partial charge in [-0.2, -0.15) is 18.3 Å². The van der Waals surface area contributed by atoms with Gasteiger partial charge in [0.1, 0.15) is 23.7 Å². The molecule has 3 N–H and O–H groups in total. The highest BCUT2D eigenvalue weighted by Gasteiger charge is 2.34. The summed E-state index contributed by atoms with van der Waals surface area (Å²) < 4.78 is 44.4. The van der Waals surface area contributed by atoms with E-state index >= 15 is 0 Å². The molecule has 0 atom stereocenters. The Kier molecular flexibility index (Phi) is 7.10. The molecule has 0 amide bonds. The minimum absolute atomic E-state index is 0.00696. The molecule has 0 saturated carbocycles. The van der Waals surface area contributed by atoms with Gasteiger partial charge in [0, 0.05) is 23.6 Å². The van der Waals surface area contributed by atoms with Crippen molar-refractivity contribution >= 4 is 11.6 Å². The molecule has 5 nitrogen and oxygen atoms in total. The van der Waals surface area contributed by atoms with Gasteiger partial charge in [-0.3, -0.25) is 5.10 Å². The van der Waals surface area contributed by atoms with Gasteiger partial charge in [-0.25, -0.2) is 0 Å². The number of phenolic OH excluding ortho intramolecular Hbond substituents is 1. The number of nitrogens with zero attached hydrogens (tertiary/aromatic N) is 1. The number of aromatic amines is 1. The fraction of sp³-hybridized carbons (Fsp3) is 0.227. The Balaban J connectivity index is 1.94. The van der Waals surface area contributed by atoms with Gasteiger partial charge in [0.25, 0.3) is 0 Å². The van der Waals surface area contributed by atoms with Crippen molar-refractivity contribution < 1.29 is 28.1 Å². The van der Waals surface area contributed by atoms with Crippen molar-refractivity contribution in [1.82, 2.24) is 10.2 Å². The summed E-state index contributed by atoms with van der Waals surface area (Å²) in [4.78, 5) is 0. The number of aliphatic hydroxyl groups excluding tert-OH is 1. The summed E-state index contributed by atoms with van der Waals surface area (Å²) in [6.07, 6.45) is -3.79. The van der Waals surface area contributed by atoms with Crippen LogP contribution in [0.25, 0.3) is 11.3 Å². The Labute approximate surface area is 181 Å². The number of phenols is 1. The average Bonchev–Trinajstić information content (AvgIpc) is 3.22. The van der Waals surface area contributed by atoms with E-state index in [2.05, 4.69) is 22.0 Å². The molecule has 1 heterocycles. The predicted octanol–water partition coefficient (Wildman–Crippen LogP) is 5.16. The third-order valence-corrected chi connectivity index (χ3v) is 4.53. The maximum atomic E-state index is 12.9. The van der Waals surface area contributed by atoms with Crippen LogP contribution >= 0.6 is 11.6 Å². The van der Waals surface area contributed by atoms with Crippen LogP contribution in [0.1, 0.15) is 29.7 Å². The molecular weight excluding hydrogens is 433 g/mol. The number of rotatable bonds is 6. The van der Waals surface area contributed by atoms with Crippen molar-refractivity contribution in [3.63, 3.8) is 0 Å². The highest BCUT2D eigenvalue weighted by atomic mass is 35.5. The van der Waals surface area contributed by atoms with Crippen LogP contribution in [0.3, 0.4) is 0 Å². The summed E-state index contributed by atoms with van der Waals surface area (Å²) in [5.74, 6) is 5.56. The Morgan fingerprint density at radius 1 is 1.13 bits per heavy atom. The number of aliphatic hydroxyl groups is 1. The number of aromatic nitrogens is 2. The first-order chi connectivity index (χ1) is 14.8. The molecule has 0 aliphatic carbocycles. The number of unbranched alkanes of at least 4 members (excludes halogenated alkanes) is 1. The summed E-state index contributed by atoms with van der Waals surface area (Å²) >= 11 is 5.87. The highest BCUT2D eigenvalue weighted by molar-refractivity contribution is 6.30. The monoisotopic (exact) mass is 450 g/mol. The van der Waals surface area contributed by atoms with Gasteiger partial charge in [0.2, 0.25) is 0 Å². The molecule has 0 unspecified atom stereocenters. The van der Waals surface area contributed by atoms with Crippen molar-refractivity contribution in [2.75, 3.05) is 6.61 Å². The average molecular weight is 451 g/mol. The van der Waals surface area contributed by atoms with E-state index in [9.17, 15) is 18.3 Å². The molecule has 3 aromatic rings. The Hall–Kier alpha value is -3.15. The molecular formula is C22H18ClF3N2O3. The maximum absolute atomic E-state index is 12.9. The number of hydrogen-bond acceptors (Lipinski definition) is 4. The molecule has 2 aromatic carbocycles. The number of ether oxygens (including phenoxy) is 1. The van der Waals surface area contributed by atoms with Crippen molar-refractivity contribution in [3.05, 3.63) is 64.3 Å². The van der Waals surface area contributed by atoms with Gasteiger partial charge >= 0.3 is 6.18 Å². The molecule has 3 rings (SSSR count). The van der Waals surface area contributed by atoms with E-state index in [1.165, 1.54) is 12.1 Å². The normalized spacial score (nSPS) is 11.1. The first-order valence-electron chi connectivity index (χ1n) is 9.25. The summed E-state index contributed by atoms with van der Waals surface area (Å²) in [7, 11) is 0. The fourth-order valence-electron chi connectivity index (χ4n) is 2.70. The summed E-state index contributed by atoms with van der Waals surface area (Å²) in [5, 5.41) is 25.8. The topological polar surface area (TPSA) is 78.4 Å². The molecule has 0 fully saturated rings. The molecule has 31 heavy (non-hydrogen) atoms. The lowest BCUT2D eigenvalue weighted by molar-refractivity contribution is -0.141. The molecule has 1 aromatic heterocycles. The van der Waals surface area contributed by atoms with Crippen molar-refractivity contribution in [1.29, 1.82) is 0 Å². The summed E-state index contributed by atoms with van der Waals surface area (Å²) in [6, 6.07) is 10.8. The second-order valence-electron chi connectivity index (χ2n) is 6.54. The minimum atomic E-state index is -4.61. The number of benzene rings is 2. The van der Waals surface area contributed by atoms with E-state index in [0.717, 1.165) is 11.6 Å². The Bertz CT molecular complexity index is 1100.